The van der Waals surface area contributed by atoms with Gasteiger partial charge in [0.1, 0.15) is 6.10 Å². The van der Waals surface area contributed by atoms with Crippen LogP contribution >= 0.6 is 11.3 Å². The number of ether oxygens (including phenoxy) is 2. The van der Waals surface area contributed by atoms with Crippen LogP contribution in [0.1, 0.15) is 89.8 Å². The molecule has 44 heavy (non-hydrogen) atoms. The largest absolute Gasteiger partial charge is 0.447 e. The number of nitrogens with zero attached hydrogens (tertiary/aromatic N) is 1. The Bertz CT molecular complexity index is 1540. The minimum absolute atomic E-state index is 0.0353. The number of amides is 2. The number of alkyl carbamates (subject to hydrolysis) is 1. The van der Waals surface area contributed by atoms with Gasteiger partial charge in [-0.3, -0.25) is 5.32 Å². The number of hydrogen-bond donors (Lipinski definition) is 3. The van der Waals surface area contributed by atoms with Gasteiger partial charge >= 0.3 is 12.2 Å². The summed E-state index contributed by atoms with van der Waals surface area (Å²) in [6.07, 6.45) is 3.27. The van der Waals surface area contributed by atoms with E-state index in [9.17, 15) is 18.0 Å². The van der Waals surface area contributed by atoms with Crippen molar-refractivity contribution in [1.82, 2.24) is 15.0 Å². The van der Waals surface area contributed by atoms with Crippen molar-refractivity contribution in [3.63, 3.8) is 0 Å². The Morgan fingerprint density at radius 1 is 0.955 bits per heavy atom. The standard InChI is InChI=1S/C32H42N4O6S2/c1-20(2)41-30(37)34-24-14-12-23(13-15-24)29-33-19-27(43-29)26-17-16-25(18-28(26)44(39,40)36-32(4,5)6)35-31(38)42-21(3)22-10-8-7-9-11-22/h7-11,16-21,23-24,36H,12-15H2,1-6H3,(H,34,37)(H,35,38)/t21-,23?,24?/m1/s1. The molecule has 3 aromatic rings. The molecule has 1 saturated carbocycles. The van der Waals surface area contributed by atoms with E-state index in [0.29, 0.717) is 16.1 Å². The van der Waals surface area contributed by atoms with E-state index in [0.717, 1.165) is 36.3 Å². The van der Waals surface area contributed by atoms with Crippen LogP contribution in [0.15, 0.2) is 59.6 Å². The lowest BCUT2D eigenvalue weighted by atomic mass is 9.86. The summed E-state index contributed by atoms with van der Waals surface area (Å²) < 4.78 is 40.7. The van der Waals surface area contributed by atoms with E-state index >= 15 is 0 Å². The predicted molar refractivity (Wildman–Crippen MR) is 172 cm³/mol. The van der Waals surface area contributed by atoms with Crippen molar-refractivity contribution in [2.45, 2.75) is 102 Å². The fourth-order valence-electron chi connectivity index (χ4n) is 5.08. The number of aromatic nitrogens is 1. The van der Waals surface area contributed by atoms with Crippen molar-refractivity contribution >= 4 is 39.2 Å². The Labute approximate surface area is 264 Å². The van der Waals surface area contributed by atoms with Crippen LogP contribution in [-0.2, 0) is 19.5 Å². The number of carbonyl (C=O) groups is 2. The molecule has 238 valence electrons. The average Bonchev–Trinajstić information content (AvgIpc) is 3.42. The van der Waals surface area contributed by atoms with Gasteiger partial charge in [0.05, 0.1) is 20.9 Å². The van der Waals surface area contributed by atoms with Crippen LogP contribution in [0.4, 0.5) is 15.3 Å². The summed E-state index contributed by atoms with van der Waals surface area (Å²) >= 11 is 1.46. The molecular weight excluding hydrogens is 601 g/mol. The zero-order valence-electron chi connectivity index (χ0n) is 26.0. The maximum atomic E-state index is 13.6. The first-order valence-corrected chi connectivity index (χ1v) is 17.1. The van der Waals surface area contributed by atoms with E-state index in [1.807, 2.05) is 44.2 Å². The zero-order valence-corrected chi connectivity index (χ0v) is 27.7. The number of rotatable bonds is 9. The summed E-state index contributed by atoms with van der Waals surface area (Å²) in [5.74, 6) is 0.211. The molecule has 2 amide bonds. The number of benzene rings is 2. The van der Waals surface area contributed by atoms with Crippen LogP contribution < -0.4 is 15.4 Å². The van der Waals surface area contributed by atoms with Crippen LogP contribution in [0.3, 0.4) is 0 Å². The quantitative estimate of drug-likeness (QED) is 0.222. The van der Waals surface area contributed by atoms with Gasteiger partial charge in [0.25, 0.3) is 0 Å². The van der Waals surface area contributed by atoms with E-state index in [1.54, 1.807) is 46.0 Å². The number of carbonyl (C=O) groups excluding carboxylic acids is 2. The molecule has 2 aromatic carbocycles. The molecule has 0 radical (unpaired) electrons. The lowest BCUT2D eigenvalue weighted by Gasteiger charge is -2.28. The van der Waals surface area contributed by atoms with Gasteiger partial charge in [0.15, 0.2) is 0 Å². The van der Waals surface area contributed by atoms with Crippen molar-refractivity contribution in [3.05, 3.63) is 65.3 Å². The second-order valence-electron chi connectivity index (χ2n) is 12.4. The average molecular weight is 643 g/mol. The van der Waals surface area contributed by atoms with Crippen LogP contribution in [0, 0.1) is 0 Å². The summed E-state index contributed by atoms with van der Waals surface area (Å²) in [5, 5.41) is 6.55. The number of sulfonamides is 1. The molecule has 3 N–H and O–H groups in total. The minimum Gasteiger partial charge on any atom is -0.447 e. The van der Waals surface area contributed by atoms with Crippen LogP contribution in [0.5, 0.6) is 0 Å². The van der Waals surface area contributed by atoms with Gasteiger partial charge in [-0.15, -0.1) is 11.3 Å². The van der Waals surface area contributed by atoms with E-state index in [2.05, 4.69) is 20.3 Å². The first-order chi connectivity index (χ1) is 20.7. The van der Waals surface area contributed by atoms with E-state index in [-0.39, 0.29) is 23.0 Å². The summed E-state index contributed by atoms with van der Waals surface area (Å²) in [5.41, 5.74) is 0.903. The fourth-order valence-corrected chi connectivity index (χ4v) is 7.94. The molecule has 1 atom stereocenters. The fraction of sp³-hybridized carbons (Fsp3) is 0.469. The Balaban J connectivity index is 1.52. The highest BCUT2D eigenvalue weighted by Gasteiger charge is 2.29. The van der Waals surface area contributed by atoms with Crippen molar-refractivity contribution in [2.75, 3.05) is 5.32 Å². The molecule has 0 bridgehead atoms. The molecule has 0 aliphatic heterocycles. The normalized spacial score (nSPS) is 18.0. The molecule has 1 fully saturated rings. The van der Waals surface area contributed by atoms with Gasteiger partial charge in [-0.2, -0.15) is 0 Å². The van der Waals surface area contributed by atoms with Crippen molar-refractivity contribution < 1.29 is 27.5 Å². The topological polar surface area (TPSA) is 136 Å². The molecular formula is C32H42N4O6S2. The second kappa shape index (κ2) is 14.1. The highest BCUT2D eigenvalue weighted by atomic mass is 32.2. The molecule has 1 heterocycles. The Hall–Kier alpha value is -3.48. The maximum absolute atomic E-state index is 13.6. The highest BCUT2D eigenvalue weighted by molar-refractivity contribution is 7.89. The number of nitrogens with one attached hydrogen (secondary N) is 3. The second-order valence-corrected chi connectivity index (χ2v) is 15.1. The summed E-state index contributed by atoms with van der Waals surface area (Å²) in [6.45, 7) is 10.7. The van der Waals surface area contributed by atoms with Gasteiger partial charge in [-0.05, 0) is 84.9 Å². The first-order valence-electron chi connectivity index (χ1n) is 14.8. The molecule has 1 aromatic heterocycles. The third-order valence-electron chi connectivity index (χ3n) is 7.04. The van der Waals surface area contributed by atoms with Gasteiger partial charge in [0, 0.05) is 34.9 Å². The Morgan fingerprint density at radius 3 is 2.27 bits per heavy atom. The molecule has 1 aliphatic carbocycles. The molecule has 0 unspecified atom stereocenters. The zero-order chi connectivity index (χ0) is 32.1. The van der Waals surface area contributed by atoms with Gasteiger partial charge < -0.3 is 14.8 Å². The Morgan fingerprint density at radius 2 is 1.64 bits per heavy atom. The van der Waals surface area contributed by atoms with Crippen molar-refractivity contribution in [1.29, 1.82) is 0 Å². The molecule has 0 saturated heterocycles. The summed E-state index contributed by atoms with van der Waals surface area (Å²) in [6, 6.07) is 14.2. The molecule has 10 nitrogen and oxygen atoms in total. The number of thiazole rings is 1. The number of hydrogen-bond acceptors (Lipinski definition) is 8. The van der Waals surface area contributed by atoms with Crippen molar-refractivity contribution in [2.24, 2.45) is 0 Å². The SMILES string of the molecule is CC(C)OC(=O)NC1CCC(c2ncc(-c3ccc(NC(=O)O[C@H](C)c4ccccc4)cc3S(=O)(=O)NC(C)(C)C)s2)CC1. The third-order valence-corrected chi connectivity index (χ3v) is 10.0. The van der Waals surface area contributed by atoms with E-state index in [4.69, 9.17) is 9.47 Å². The first kappa shape index (κ1) is 33.4. The van der Waals surface area contributed by atoms with Crippen LogP contribution in [0.25, 0.3) is 10.4 Å². The third kappa shape index (κ3) is 9.26. The smallest absolute Gasteiger partial charge is 0.412 e. The van der Waals surface area contributed by atoms with Crippen LogP contribution in [0.2, 0.25) is 0 Å². The lowest BCUT2D eigenvalue weighted by Crippen LogP contribution is -2.40. The van der Waals surface area contributed by atoms with E-state index < -0.39 is 33.9 Å². The molecule has 1 aliphatic rings. The monoisotopic (exact) mass is 642 g/mol. The number of anilines is 1. The van der Waals surface area contributed by atoms with Crippen molar-refractivity contribution in [3.8, 4) is 10.4 Å². The van der Waals surface area contributed by atoms with Gasteiger partial charge in [-0.25, -0.2) is 27.7 Å². The minimum atomic E-state index is -3.98. The maximum Gasteiger partial charge on any atom is 0.412 e. The van der Waals surface area contributed by atoms with E-state index in [1.165, 1.54) is 17.4 Å². The lowest BCUT2D eigenvalue weighted by molar-refractivity contribution is 0.109. The highest BCUT2D eigenvalue weighted by Crippen LogP contribution is 2.40. The Kier molecular flexibility index (Phi) is 10.7. The molecule has 4 rings (SSSR count). The van der Waals surface area contributed by atoms with Crippen LogP contribution in [-0.4, -0.2) is 43.3 Å². The summed E-state index contributed by atoms with van der Waals surface area (Å²) in [4.78, 5) is 30.1. The van der Waals surface area contributed by atoms with Gasteiger partial charge in [0.2, 0.25) is 10.0 Å². The summed E-state index contributed by atoms with van der Waals surface area (Å²) in [7, 11) is -3.98. The molecule has 12 heteroatoms. The van der Waals surface area contributed by atoms with Gasteiger partial charge in [-0.1, -0.05) is 36.4 Å². The molecule has 0 spiro atoms. The predicted octanol–water partition coefficient (Wildman–Crippen LogP) is 7.36.